The van der Waals surface area contributed by atoms with Gasteiger partial charge < -0.3 is 4.42 Å². The van der Waals surface area contributed by atoms with Gasteiger partial charge in [0.05, 0.1) is 12.5 Å². The first-order valence-corrected chi connectivity index (χ1v) is 7.99. The molecule has 86 valence electrons. The third-order valence-electron chi connectivity index (χ3n) is 1.82. The molecule has 0 aromatic carbocycles. The molecule has 0 aliphatic heterocycles. The average molecular weight is 262 g/mol. The highest BCUT2D eigenvalue weighted by Crippen LogP contribution is 2.31. The van der Waals surface area contributed by atoms with Gasteiger partial charge >= 0.3 is 0 Å². The maximum atomic E-state index is 5.25. The fourth-order valence-electron chi connectivity index (χ4n) is 1.21. The lowest BCUT2D eigenvalue weighted by Crippen LogP contribution is -1.98. The van der Waals surface area contributed by atoms with E-state index < -0.39 is 0 Å². The van der Waals surface area contributed by atoms with Gasteiger partial charge in [-0.1, -0.05) is 42.4 Å². The van der Waals surface area contributed by atoms with Crippen LogP contribution in [-0.4, -0.2) is 10.5 Å². The highest BCUT2D eigenvalue weighted by atomic mass is 33.1. The van der Waals surface area contributed by atoms with Gasteiger partial charge in [-0.3, -0.25) is 0 Å². The van der Waals surface area contributed by atoms with E-state index in [0.29, 0.717) is 10.5 Å². The molecule has 0 saturated carbocycles. The fraction of sp³-hybridized carbons (Fsp3) is 0.636. The number of rotatable bonds is 6. The Bertz CT molecular complexity index is 281. The number of furan rings is 1. The summed E-state index contributed by atoms with van der Waals surface area (Å²) in [6.45, 7) is 6.53. The molecule has 0 radical (unpaired) electrons. The van der Waals surface area contributed by atoms with E-state index in [-0.39, 0.29) is 0 Å². The zero-order valence-corrected chi connectivity index (χ0v) is 11.9. The van der Waals surface area contributed by atoms with Crippen molar-refractivity contribution in [2.45, 2.75) is 43.4 Å². The zero-order valence-electron chi connectivity index (χ0n) is 9.40. The molecule has 0 N–H and O–H groups in total. The average Bonchev–Trinajstić information content (AvgIpc) is 2.51. The molecule has 1 rings (SSSR count). The van der Waals surface area contributed by atoms with Crippen LogP contribution in [0.1, 0.15) is 31.9 Å². The maximum Gasteiger partial charge on any atom is 0.0946 e. The van der Waals surface area contributed by atoms with Crippen molar-refractivity contribution in [3.8, 4) is 0 Å². The Kier molecular flexibility index (Phi) is 6.09. The minimum Gasteiger partial charge on any atom is -0.472 e. The van der Waals surface area contributed by atoms with Crippen LogP contribution < -0.4 is 0 Å². The Morgan fingerprint density at radius 3 is 2.53 bits per heavy atom. The number of thiol groups is 1. The van der Waals surface area contributed by atoms with Crippen LogP contribution in [0.3, 0.4) is 0 Å². The van der Waals surface area contributed by atoms with E-state index >= 15 is 0 Å². The van der Waals surface area contributed by atoms with Crippen LogP contribution in [-0.2, 0) is 12.2 Å². The molecule has 0 saturated heterocycles. The molecule has 15 heavy (non-hydrogen) atoms. The van der Waals surface area contributed by atoms with Gasteiger partial charge in [0.15, 0.2) is 0 Å². The van der Waals surface area contributed by atoms with Gasteiger partial charge in [0, 0.05) is 21.8 Å². The quantitative estimate of drug-likeness (QED) is 0.602. The minimum absolute atomic E-state index is 0.393. The molecule has 1 heterocycles. The Morgan fingerprint density at radius 1 is 1.27 bits per heavy atom. The van der Waals surface area contributed by atoms with Gasteiger partial charge in [-0.05, 0) is 12.0 Å². The SMILES string of the molecule is CC(S)Cc1cocc1CSSC(C)C. The summed E-state index contributed by atoms with van der Waals surface area (Å²) < 4.78 is 5.25. The number of hydrogen-bond donors (Lipinski definition) is 1. The van der Waals surface area contributed by atoms with E-state index in [4.69, 9.17) is 4.42 Å². The van der Waals surface area contributed by atoms with Crippen LogP contribution in [0.5, 0.6) is 0 Å². The second-order valence-corrected chi connectivity index (χ2v) is 7.71. The van der Waals surface area contributed by atoms with Gasteiger partial charge in [-0.15, -0.1) is 0 Å². The zero-order chi connectivity index (χ0) is 11.3. The van der Waals surface area contributed by atoms with Gasteiger partial charge in [-0.2, -0.15) is 12.6 Å². The van der Waals surface area contributed by atoms with Crippen LogP contribution in [0, 0.1) is 0 Å². The summed E-state index contributed by atoms with van der Waals surface area (Å²) in [4.78, 5) is 0. The van der Waals surface area contributed by atoms with Crippen molar-refractivity contribution in [1.82, 2.24) is 0 Å². The summed E-state index contributed by atoms with van der Waals surface area (Å²) >= 11 is 4.40. The molecular formula is C11H18OS3. The molecular weight excluding hydrogens is 244 g/mol. The van der Waals surface area contributed by atoms with Crippen molar-refractivity contribution >= 4 is 34.2 Å². The molecule has 4 heteroatoms. The molecule has 1 nitrogen and oxygen atoms in total. The summed E-state index contributed by atoms with van der Waals surface area (Å²) in [5.41, 5.74) is 2.61. The van der Waals surface area contributed by atoms with E-state index in [1.165, 1.54) is 11.1 Å². The largest absolute Gasteiger partial charge is 0.472 e. The van der Waals surface area contributed by atoms with Gasteiger partial charge in [0.1, 0.15) is 0 Å². The Hall–Kier alpha value is 0.330. The van der Waals surface area contributed by atoms with Gasteiger partial charge in [0.25, 0.3) is 0 Å². The maximum absolute atomic E-state index is 5.25. The van der Waals surface area contributed by atoms with E-state index in [9.17, 15) is 0 Å². The van der Waals surface area contributed by atoms with E-state index in [1.807, 2.05) is 34.1 Å². The molecule has 1 aromatic heterocycles. The molecule has 0 aliphatic rings. The third-order valence-corrected chi connectivity index (χ3v) is 4.87. The lowest BCUT2D eigenvalue weighted by Gasteiger charge is -2.05. The first-order chi connectivity index (χ1) is 7.09. The molecule has 1 unspecified atom stereocenters. The van der Waals surface area contributed by atoms with Crippen LogP contribution >= 0.6 is 34.2 Å². The lowest BCUT2D eigenvalue weighted by molar-refractivity contribution is 0.562. The lowest BCUT2D eigenvalue weighted by atomic mass is 10.1. The van der Waals surface area contributed by atoms with Crippen molar-refractivity contribution in [1.29, 1.82) is 0 Å². The predicted octanol–water partition coefficient (Wildman–Crippen LogP) is 4.43. The second-order valence-electron chi connectivity index (χ2n) is 3.88. The topological polar surface area (TPSA) is 13.1 Å². The smallest absolute Gasteiger partial charge is 0.0946 e. The van der Waals surface area contributed by atoms with Crippen LogP contribution in [0.4, 0.5) is 0 Å². The summed E-state index contributed by atoms with van der Waals surface area (Å²) in [6.07, 6.45) is 4.70. The molecule has 0 bridgehead atoms. The molecule has 0 spiro atoms. The predicted molar refractivity (Wildman–Crippen MR) is 74.9 cm³/mol. The summed E-state index contributed by atoms with van der Waals surface area (Å²) in [7, 11) is 3.81. The molecule has 0 fully saturated rings. The molecule has 1 aromatic rings. The van der Waals surface area contributed by atoms with Crippen LogP contribution in [0.15, 0.2) is 16.9 Å². The second kappa shape index (κ2) is 6.81. The van der Waals surface area contributed by atoms with Crippen molar-refractivity contribution < 1.29 is 4.42 Å². The van der Waals surface area contributed by atoms with Gasteiger partial charge in [0.2, 0.25) is 0 Å². The molecule has 0 aliphatic carbocycles. The normalized spacial score (nSPS) is 13.4. The first-order valence-electron chi connectivity index (χ1n) is 5.10. The monoisotopic (exact) mass is 262 g/mol. The van der Waals surface area contributed by atoms with Crippen molar-refractivity contribution in [2.75, 3.05) is 0 Å². The first kappa shape index (κ1) is 13.4. The highest BCUT2D eigenvalue weighted by molar-refractivity contribution is 8.76. The third kappa shape index (κ3) is 5.27. The van der Waals surface area contributed by atoms with Crippen molar-refractivity contribution in [3.63, 3.8) is 0 Å². The Morgan fingerprint density at radius 2 is 1.93 bits per heavy atom. The molecule has 0 amide bonds. The summed E-state index contributed by atoms with van der Waals surface area (Å²) in [5.74, 6) is 1.02. The van der Waals surface area contributed by atoms with Crippen LogP contribution in [0.2, 0.25) is 0 Å². The Balaban J connectivity index is 2.43. The van der Waals surface area contributed by atoms with Gasteiger partial charge in [-0.25, -0.2) is 0 Å². The van der Waals surface area contributed by atoms with Crippen molar-refractivity contribution in [2.24, 2.45) is 0 Å². The molecule has 1 atom stereocenters. The van der Waals surface area contributed by atoms with E-state index in [1.54, 1.807) is 0 Å². The van der Waals surface area contributed by atoms with E-state index in [0.717, 1.165) is 12.2 Å². The summed E-state index contributed by atoms with van der Waals surface area (Å²) in [6, 6.07) is 0. The fourth-order valence-corrected chi connectivity index (χ4v) is 3.53. The Labute approximate surface area is 106 Å². The number of hydrogen-bond acceptors (Lipinski definition) is 4. The standard InChI is InChI=1S/C11H18OS3/c1-8(2)15-14-7-11-6-12-5-10(11)4-9(3)13/h5-6,8-9,13H,4,7H2,1-3H3. The summed E-state index contributed by atoms with van der Waals surface area (Å²) in [5, 5.41) is 1.07. The van der Waals surface area contributed by atoms with Crippen molar-refractivity contribution in [3.05, 3.63) is 23.7 Å². The minimum atomic E-state index is 0.393. The van der Waals surface area contributed by atoms with Crippen LogP contribution in [0.25, 0.3) is 0 Å². The highest BCUT2D eigenvalue weighted by Gasteiger charge is 2.08. The van der Waals surface area contributed by atoms with E-state index in [2.05, 4.69) is 33.4 Å².